The highest BCUT2D eigenvalue weighted by Gasteiger charge is 2.14. The van der Waals surface area contributed by atoms with Crippen molar-refractivity contribution in [1.29, 1.82) is 0 Å². The molecule has 0 heterocycles. The molecule has 0 saturated carbocycles. The molecule has 10 rings (SSSR count). The highest BCUT2D eigenvalue weighted by molar-refractivity contribution is 5.88. The molecule has 10 aromatic rings. The molecular weight excluding hydrogens is 711 g/mol. The normalized spacial score (nSPS) is 15.1. The van der Waals surface area contributed by atoms with E-state index in [0.29, 0.717) is 5.56 Å². The first kappa shape index (κ1) is 21.7. The topological polar surface area (TPSA) is 3.24 Å². The van der Waals surface area contributed by atoms with E-state index in [0.717, 1.165) is 49.1 Å². The van der Waals surface area contributed by atoms with Gasteiger partial charge in [-0.2, -0.15) is 0 Å². The van der Waals surface area contributed by atoms with Crippen LogP contribution in [0, 0.1) is 0 Å². The summed E-state index contributed by atoms with van der Waals surface area (Å²) in [5.74, 6) is 0. The van der Waals surface area contributed by atoms with E-state index in [4.69, 9.17) is 12.3 Å². The quantitative estimate of drug-likeness (QED) is 0.141. The third-order valence-corrected chi connectivity index (χ3v) is 9.98. The summed E-state index contributed by atoms with van der Waals surface area (Å²) >= 11 is 0. The highest BCUT2D eigenvalue weighted by Crippen LogP contribution is 2.39. The van der Waals surface area contributed by atoms with Gasteiger partial charge in [0.2, 0.25) is 0 Å². The second-order valence-electron chi connectivity index (χ2n) is 13.7. The smallest absolute Gasteiger partial charge is 0.0645 e. The molecule has 0 amide bonds. The Morgan fingerprint density at radius 3 is 1.24 bits per heavy atom. The van der Waals surface area contributed by atoms with E-state index in [1.807, 2.05) is 97.1 Å². The Morgan fingerprint density at radius 1 is 0.237 bits per heavy atom. The van der Waals surface area contributed by atoms with Crippen molar-refractivity contribution in [1.82, 2.24) is 0 Å². The van der Waals surface area contributed by atoms with Crippen molar-refractivity contribution in [2.24, 2.45) is 0 Å². The summed E-state index contributed by atoms with van der Waals surface area (Å²) in [5.41, 5.74) is 2.28. The molecular formula is C58H41N. The van der Waals surface area contributed by atoms with Crippen LogP contribution in [0.1, 0.15) is 23.3 Å². The minimum atomic E-state index is -0.875. The molecule has 0 atom stereocenters. The van der Waals surface area contributed by atoms with E-state index < -0.39 is 136 Å². The molecule has 0 bridgehead atoms. The van der Waals surface area contributed by atoms with Crippen LogP contribution in [0.2, 0.25) is 0 Å². The molecule has 10 aromatic carbocycles. The summed E-state index contributed by atoms with van der Waals surface area (Å²) in [4.78, 5) is 1.12. The lowest BCUT2D eigenvalue weighted by molar-refractivity contribution is 1.28. The predicted octanol–water partition coefficient (Wildman–Crippen LogP) is 16.3. The Labute approximate surface area is 370 Å². The lowest BCUT2D eigenvalue weighted by atomic mass is 9.97. The Balaban J connectivity index is 1.15. The standard InChI is InChI=1S/C58H41N/c1-3-10-42(11-4-1)45-18-22-47(23-19-45)49-28-34-56(35-29-49)59(57-36-30-50(31-37-57)48-24-20-46(21-25-48)43-12-5-2-6-13-43)58-38-32-51(33-39-58)53-16-9-17-54(40-53)55-27-26-44-14-7-8-15-52(44)41-55/h1-41H/i1D,3D,4D,10D,11D,18D,19D,22D,23D,28D,29D,30D,31D,34D,35D,36D,37D. The zero-order valence-electron chi connectivity index (χ0n) is 48.3. The van der Waals surface area contributed by atoms with Crippen LogP contribution in [0.4, 0.5) is 17.1 Å². The average molecular weight is 769 g/mol. The molecule has 0 N–H and O–H groups in total. The van der Waals surface area contributed by atoms with E-state index in [2.05, 4.69) is 12.1 Å². The number of benzene rings is 10. The van der Waals surface area contributed by atoms with Gasteiger partial charge < -0.3 is 4.90 Å². The molecule has 0 aliphatic carbocycles. The fourth-order valence-corrected chi connectivity index (χ4v) is 6.92. The summed E-state index contributed by atoms with van der Waals surface area (Å²) < 4.78 is 153. The highest BCUT2D eigenvalue weighted by atomic mass is 15.1. The molecule has 0 unspecified atom stereocenters. The van der Waals surface area contributed by atoms with E-state index in [-0.39, 0.29) is 11.3 Å². The second kappa shape index (κ2) is 16.0. The first-order valence-electron chi connectivity index (χ1n) is 27.4. The van der Waals surface area contributed by atoms with Gasteiger partial charge in [-0.3, -0.25) is 0 Å². The van der Waals surface area contributed by atoms with Gasteiger partial charge >= 0.3 is 0 Å². The molecule has 0 aliphatic heterocycles. The van der Waals surface area contributed by atoms with Crippen LogP contribution < -0.4 is 4.90 Å². The van der Waals surface area contributed by atoms with E-state index in [9.17, 15) is 11.0 Å². The Hall–Kier alpha value is -7.74. The molecule has 1 heteroatoms. The van der Waals surface area contributed by atoms with E-state index in [1.54, 1.807) is 36.4 Å². The number of fused-ring (bicyclic) bond motifs is 1. The molecule has 59 heavy (non-hydrogen) atoms. The van der Waals surface area contributed by atoms with Crippen molar-refractivity contribution in [2.75, 3.05) is 4.90 Å². The fraction of sp³-hybridized carbons (Fsp3) is 0. The summed E-state index contributed by atoms with van der Waals surface area (Å²) in [7, 11) is 0. The second-order valence-corrected chi connectivity index (χ2v) is 13.7. The SMILES string of the molecule is [2H]c1c([2H])c([2H])c(-c2c([2H])c([2H])c(-c3c([2H])c([2H])c(N(c4ccc(-c5cccc(-c6ccc7ccccc7c6)c5)cc4)c4c([2H])c([2H])c(-c5ccc(-c6ccccc6)cc5)c([2H])c4[2H])c([2H])c3[2H])c([2H])c2[2H])c([2H])c1[2H]. The zero-order valence-corrected chi connectivity index (χ0v) is 31.3. The summed E-state index contributed by atoms with van der Waals surface area (Å²) in [6.45, 7) is 0. The minimum absolute atomic E-state index is 0.0229. The van der Waals surface area contributed by atoms with Crippen molar-refractivity contribution in [3.05, 3.63) is 248 Å². The number of rotatable bonds is 9. The third kappa shape index (κ3) is 7.58. The first-order chi connectivity index (χ1) is 36.3. The van der Waals surface area contributed by atoms with Crippen LogP contribution in [-0.4, -0.2) is 0 Å². The number of hydrogen-bond acceptors (Lipinski definition) is 1. The van der Waals surface area contributed by atoms with Gasteiger partial charge in [-0.1, -0.05) is 200 Å². The molecule has 0 spiro atoms. The van der Waals surface area contributed by atoms with Crippen LogP contribution in [0.3, 0.4) is 0 Å². The molecule has 0 aliphatic rings. The van der Waals surface area contributed by atoms with Crippen LogP contribution in [0.5, 0.6) is 0 Å². The molecule has 0 saturated heterocycles. The van der Waals surface area contributed by atoms with Gasteiger partial charge in [0, 0.05) is 17.1 Å². The minimum Gasteiger partial charge on any atom is -0.311 e. The van der Waals surface area contributed by atoms with Crippen molar-refractivity contribution >= 4 is 27.8 Å². The monoisotopic (exact) mass is 768 g/mol. The maximum Gasteiger partial charge on any atom is 0.0645 e. The maximum atomic E-state index is 9.58. The van der Waals surface area contributed by atoms with E-state index in [1.165, 1.54) is 0 Å². The first-order valence-corrected chi connectivity index (χ1v) is 18.9. The van der Waals surface area contributed by atoms with Crippen molar-refractivity contribution in [3.63, 3.8) is 0 Å². The lowest BCUT2D eigenvalue weighted by Crippen LogP contribution is -2.09. The molecule has 0 aromatic heterocycles. The number of anilines is 3. The lowest BCUT2D eigenvalue weighted by Gasteiger charge is -2.26. The summed E-state index contributed by atoms with van der Waals surface area (Å²) in [5, 5.41) is 2.18. The largest absolute Gasteiger partial charge is 0.311 e. The van der Waals surface area contributed by atoms with Gasteiger partial charge in [0.15, 0.2) is 0 Å². The van der Waals surface area contributed by atoms with Gasteiger partial charge in [0.05, 0.1) is 23.3 Å². The molecule has 0 radical (unpaired) electrons. The van der Waals surface area contributed by atoms with Crippen molar-refractivity contribution in [2.45, 2.75) is 0 Å². The Kier molecular flexibility index (Phi) is 5.89. The van der Waals surface area contributed by atoms with Crippen LogP contribution in [-0.2, 0) is 0 Å². The summed E-state index contributed by atoms with van der Waals surface area (Å²) in [6, 6.07) is 32.7. The van der Waals surface area contributed by atoms with Crippen molar-refractivity contribution in [3.8, 4) is 66.8 Å². The Morgan fingerprint density at radius 2 is 0.627 bits per heavy atom. The number of nitrogens with zero attached hydrogens (tertiary/aromatic N) is 1. The zero-order chi connectivity index (χ0) is 54.2. The maximum absolute atomic E-state index is 9.58. The third-order valence-electron chi connectivity index (χ3n) is 9.98. The van der Waals surface area contributed by atoms with Gasteiger partial charge in [-0.15, -0.1) is 0 Å². The summed E-state index contributed by atoms with van der Waals surface area (Å²) in [6.07, 6.45) is 0. The fourth-order valence-electron chi connectivity index (χ4n) is 6.92. The van der Waals surface area contributed by atoms with Crippen LogP contribution in [0.15, 0.2) is 248 Å². The van der Waals surface area contributed by atoms with Crippen LogP contribution in [0.25, 0.3) is 77.5 Å². The van der Waals surface area contributed by atoms with Crippen molar-refractivity contribution < 1.29 is 23.3 Å². The van der Waals surface area contributed by atoms with E-state index >= 15 is 0 Å². The molecule has 278 valence electrons. The van der Waals surface area contributed by atoms with Gasteiger partial charge in [0.25, 0.3) is 0 Å². The van der Waals surface area contributed by atoms with Gasteiger partial charge in [-0.05, 0) is 126 Å². The Bertz CT molecular complexity index is 3900. The van der Waals surface area contributed by atoms with Crippen LogP contribution >= 0.6 is 0 Å². The van der Waals surface area contributed by atoms with Gasteiger partial charge in [-0.25, -0.2) is 0 Å². The molecule has 0 fully saturated rings. The average Bonchev–Trinajstić information content (AvgIpc) is 3.44. The predicted molar refractivity (Wildman–Crippen MR) is 251 cm³/mol. The molecule has 1 nitrogen and oxygen atoms in total. The van der Waals surface area contributed by atoms with Gasteiger partial charge in [0.1, 0.15) is 0 Å². The number of hydrogen-bond donors (Lipinski definition) is 0.